The second-order valence-electron chi connectivity index (χ2n) is 3.15. The molecule has 0 aliphatic heterocycles. The summed E-state index contributed by atoms with van der Waals surface area (Å²) < 4.78 is 25.3. The number of rotatable bonds is 3. The summed E-state index contributed by atoms with van der Waals surface area (Å²) in [6.45, 7) is -0.638. The Morgan fingerprint density at radius 3 is 2.82 bits per heavy atom. The molecule has 1 aromatic rings. The number of benzene rings is 1. The Hall–Kier alpha value is -1.93. The average molecular weight is 238 g/mol. The maximum Gasteiger partial charge on any atom is 0.254 e. The molecule has 3 N–H and O–H groups in total. The number of nitrogens with one attached hydrogen (secondary N) is 1. The van der Waals surface area contributed by atoms with Crippen LogP contribution in [0.5, 0.6) is 0 Å². The van der Waals surface area contributed by atoms with Crippen molar-refractivity contribution in [3.63, 3.8) is 0 Å². The van der Waals surface area contributed by atoms with Gasteiger partial charge in [-0.15, -0.1) is 0 Å². The molecule has 0 atom stereocenters. The molecule has 0 heterocycles. The maximum absolute atomic E-state index is 13.5. The molecule has 0 saturated heterocycles. The first kappa shape index (κ1) is 13.1. The Bertz CT molecular complexity index is 463. The Labute approximate surface area is 98.0 Å². The molecular formula is C12H12F2N2O. The minimum absolute atomic E-state index is 0.128. The molecule has 0 radical (unpaired) electrons. The summed E-state index contributed by atoms with van der Waals surface area (Å²) in [7, 11) is 0. The maximum atomic E-state index is 13.5. The highest BCUT2D eigenvalue weighted by Gasteiger charge is 2.10. The van der Waals surface area contributed by atoms with Gasteiger partial charge in [0.15, 0.2) is 0 Å². The zero-order valence-corrected chi connectivity index (χ0v) is 9.09. The van der Waals surface area contributed by atoms with E-state index in [0.717, 1.165) is 6.07 Å². The summed E-state index contributed by atoms with van der Waals surface area (Å²) in [6.07, 6.45) is 0. The van der Waals surface area contributed by atoms with Crippen molar-refractivity contribution < 1.29 is 13.6 Å². The molecule has 0 unspecified atom stereocenters. The zero-order chi connectivity index (χ0) is 12.7. The second-order valence-corrected chi connectivity index (χ2v) is 3.15. The molecule has 1 aromatic carbocycles. The van der Waals surface area contributed by atoms with Crippen LogP contribution in [0.2, 0.25) is 0 Å². The fourth-order valence-corrected chi connectivity index (χ4v) is 1.19. The van der Waals surface area contributed by atoms with Crippen molar-refractivity contribution in [2.24, 2.45) is 5.73 Å². The van der Waals surface area contributed by atoms with Crippen LogP contribution in [0.1, 0.15) is 15.9 Å². The van der Waals surface area contributed by atoms with Crippen LogP contribution >= 0.6 is 0 Å². The average Bonchev–Trinajstić information content (AvgIpc) is 2.33. The van der Waals surface area contributed by atoms with Crippen LogP contribution in [-0.4, -0.2) is 25.7 Å². The number of carbonyl (C=O) groups is 1. The molecular weight excluding hydrogens is 226 g/mol. The van der Waals surface area contributed by atoms with Gasteiger partial charge >= 0.3 is 0 Å². The first-order chi connectivity index (χ1) is 8.19. The predicted molar refractivity (Wildman–Crippen MR) is 60.6 cm³/mol. The molecule has 5 heteroatoms. The Kier molecular flexibility index (Phi) is 5.11. The first-order valence-electron chi connectivity index (χ1n) is 5.01. The van der Waals surface area contributed by atoms with E-state index in [9.17, 15) is 13.6 Å². The Morgan fingerprint density at radius 2 is 2.24 bits per heavy atom. The molecule has 90 valence electrons. The van der Waals surface area contributed by atoms with E-state index in [-0.39, 0.29) is 18.7 Å². The van der Waals surface area contributed by atoms with Crippen molar-refractivity contribution >= 4 is 5.91 Å². The van der Waals surface area contributed by atoms with Gasteiger partial charge in [-0.05, 0) is 18.2 Å². The molecule has 0 spiro atoms. The second kappa shape index (κ2) is 6.61. The first-order valence-corrected chi connectivity index (χ1v) is 5.01. The van der Waals surface area contributed by atoms with Crippen LogP contribution in [0, 0.1) is 17.7 Å². The van der Waals surface area contributed by atoms with Crippen LogP contribution in [0.4, 0.5) is 8.78 Å². The lowest BCUT2D eigenvalue weighted by Gasteiger charge is -2.04. The lowest BCUT2D eigenvalue weighted by molar-refractivity contribution is 0.0947. The summed E-state index contributed by atoms with van der Waals surface area (Å²) in [6, 6.07) is 3.96. The predicted octanol–water partition coefficient (Wildman–Crippen LogP) is 0.835. The lowest BCUT2D eigenvalue weighted by atomic mass is 10.1. The van der Waals surface area contributed by atoms with Crippen molar-refractivity contribution in [1.29, 1.82) is 0 Å². The van der Waals surface area contributed by atoms with Gasteiger partial charge in [-0.2, -0.15) is 0 Å². The normalized spacial score (nSPS) is 9.35. The van der Waals surface area contributed by atoms with E-state index in [1.165, 1.54) is 12.1 Å². The smallest absolute Gasteiger partial charge is 0.254 e. The van der Waals surface area contributed by atoms with Crippen molar-refractivity contribution in [2.75, 3.05) is 19.8 Å². The largest absolute Gasteiger partial charge is 0.349 e. The van der Waals surface area contributed by atoms with Crippen LogP contribution in [0.3, 0.4) is 0 Å². The SMILES string of the molecule is NCC#Cc1ccc(C(=O)NCCF)c(F)c1. The van der Waals surface area contributed by atoms with E-state index in [4.69, 9.17) is 5.73 Å². The number of carbonyl (C=O) groups excluding carboxylic acids is 1. The van der Waals surface area contributed by atoms with Gasteiger partial charge in [-0.1, -0.05) is 11.8 Å². The molecule has 0 aromatic heterocycles. The van der Waals surface area contributed by atoms with Gasteiger partial charge in [0, 0.05) is 12.1 Å². The van der Waals surface area contributed by atoms with E-state index in [0.29, 0.717) is 5.56 Å². The van der Waals surface area contributed by atoms with Gasteiger partial charge in [0.25, 0.3) is 5.91 Å². The summed E-state index contributed by atoms with van der Waals surface area (Å²) in [5, 5.41) is 2.24. The summed E-state index contributed by atoms with van der Waals surface area (Å²) >= 11 is 0. The molecule has 0 bridgehead atoms. The fourth-order valence-electron chi connectivity index (χ4n) is 1.19. The van der Waals surface area contributed by atoms with Gasteiger partial charge in [0.2, 0.25) is 0 Å². The van der Waals surface area contributed by atoms with E-state index >= 15 is 0 Å². The zero-order valence-electron chi connectivity index (χ0n) is 9.09. The lowest BCUT2D eigenvalue weighted by Crippen LogP contribution is -2.26. The van der Waals surface area contributed by atoms with Gasteiger partial charge < -0.3 is 11.1 Å². The van der Waals surface area contributed by atoms with E-state index < -0.39 is 18.4 Å². The number of nitrogens with two attached hydrogens (primary N) is 1. The standard InChI is InChI=1S/C12H12F2N2O/c13-5-7-16-12(17)10-4-3-9(2-1-6-15)8-11(10)14/h3-4,8H,5-7,15H2,(H,16,17). The monoisotopic (exact) mass is 238 g/mol. The number of hydrogen-bond acceptors (Lipinski definition) is 2. The molecule has 0 saturated carbocycles. The fraction of sp³-hybridized carbons (Fsp3) is 0.250. The van der Waals surface area contributed by atoms with Crippen molar-refractivity contribution in [3.05, 3.63) is 35.1 Å². The summed E-state index contributed by atoms with van der Waals surface area (Å²) in [5.74, 6) is 3.89. The summed E-state index contributed by atoms with van der Waals surface area (Å²) in [5.41, 5.74) is 5.49. The number of halogens is 2. The highest BCUT2D eigenvalue weighted by molar-refractivity contribution is 5.94. The molecule has 1 rings (SSSR count). The number of hydrogen-bond donors (Lipinski definition) is 2. The molecule has 0 aliphatic rings. The van der Waals surface area contributed by atoms with Crippen LogP contribution in [0.15, 0.2) is 18.2 Å². The van der Waals surface area contributed by atoms with Crippen LogP contribution in [0.25, 0.3) is 0 Å². The van der Waals surface area contributed by atoms with E-state index in [1.54, 1.807) is 0 Å². The third kappa shape index (κ3) is 3.85. The Morgan fingerprint density at radius 1 is 1.47 bits per heavy atom. The van der Waals surface area contributed by atoms with Gasteiger partial charge in [0.1, 0.15) is 12.5 Å². The van der Waals surface area contributed by atoms with Gasteiger partial charge in [0.05, 0.1) is 12.1 Å². The Balaban J connectivity index is 2.86. The molecule has 1 amide bonds. The molecule has 3 nitrogen and oxygen atoms in total. The molecule has 0 fully saturated rings. The van der Waals surface area contributed by atoms with Crippen LogP contribution in [-0.2, 0) is 0 Å². The van der Waals surface area contributed by atoms with Crippen molar-refractivity contribution in [3.8, 4) is 11.8 Å². The van der Waals surface area contributed by atoms with Gasteiger partial charge in [-0.25, -0.2) is 8.78 Å². The highest BCUT2D eigenvalue weighted by atomic mass is 19.1. The van der Waals surface area contributed by atoms with Gasteiger partial charge in [-0.3, -0.25) is 4.79 Å². The number of amides is 1. The summed E-state index contributed by atoms with van der Waals surface area (Å²) in [4.78, 5) is 11.4. The third-order valence-electron chi connectivity index (χ3n) is 1.93. The third-order valence-corrected chi connectivity index (χ3v) is 1.93. The highest BCUT2D eigenvalue weighted by Crippen LogP contribution is 2.09. The minimum Gasteiger partial charge on any atom is -0.349 e. The quantitative estimate of drug-likeness (QED) is 0.766. The minimum atomic E-state index is -0.690. The van der Waals surface area contributed by atoms with E-state index in [2.05, 4.69) is 17.2 Å². The molecule has 0 aliphatic carbocycles. The van der Waals surface area contributed by atoms with Crippen LogP contribution < -0.4 is 11.1 Å². The van der Waals surface area contributed by atoms with E-state index in [1.807, 2.05) is 0 Å². The molecule has 17 heavy (non-hydrogen) atoms. The van der Waals surface area contributed by atoms with Crippen molar-refractivity contribution in [2.45, 2.75) is 0 Å². The number of alkyl halides is 1. The van der Waals surface area contributed by atoms with Crippen molar-refractivity contribution in [1.82, 2.24) is 5.32 Å². The topological polar surface area (TPSA) is 55.1 Å².